The number of ether oxygens (including phenoxy) is 3. The molecule has 0 saturated heterocycles. The van der Waals surface area contributed by atoms with Gasteiger partial charge in [-0.15, -0.1) is 0 Å². The predicted octanol–water partition coefficient (Wildman–Crippen LogP) is 12.6. The van der Waals surface area contributed by atoms with E-state index in [9.17, 15) is 67.9 Å². The number of anilines is 1. The van der Waals surface area contributed by atoms with Gasteiger partial charge in [0.2, 0.25) is 6.10 Å². The Kier molecular flexibility index (Phi) is 15.6. The van der Waals surface area contributed by atoms with Crippen molar-refractivity contribution in [1.82, 2.24) is 5.32 Å². The Hall–Kier alpha value is -5.78. The van der Waals surface area contributed by atoms with Gasteiger partial charge in [0, 0.05) is 11.6 Å². The molecule has 4 aromatic carbocycles. The molecule has 23 heteroatoms. The second-order valence-electron chi connectivity index (χ2n) is 13.6. The molecule has 1 saturated carbocycles. The lowest BCUT2D eigenvalue weighted by molar-refractivity contribution is -0.304. The van der Waals surface area contributed by atoms with Gasteiger partial charge in [0.1, 0.15) is 45.5 Å². The monoisotopic (exact) mass is 959 g/mol. The fraction of sp³-hybridized carbons (Fsp3) is 0.250. The minimum Gasteiger partial charge on any atom is -0.457 e. The summed E-state index contributed by atoms with van der Waals surface area (Å²) in [5.41, 5.74) is -1.92. The van der Waals surface area contributed by atoms with Crippen LogP contribution in [0.1, 0.15) is 35.9 Å². The number of nitrogens with zero attached hydrogens (tertiary/aromatic N) is 1. The highest BCUT2D eigenvalue weighted by Gasteiger charge is 2.63. The Morgan fingerprint density at radius 1 is 0.841 bits per heavy atom. The highest BCUT2D eigenvalue weighted by molar-refractivity contribution is 6.36. The molecule has 4 aromatic rings. The average molecular weight is 961 g/mol. The van der Waals surface area contributed by atoms with Crippen LogP contribution >= 0.6 is 34.8 Å². The summed E-state index contributed by atoms with van der Waals surface area (Å²) in [5.74, 6) is -6.47. The van der Waals surface area contributed by atoms with Crippen LogP contribution in [0.2, 0.25) is 10.0 Å². The highest BCUT2D eigenvalue weighted by atomic mass is 35.5. The summed E-state index contributed by atoms with van der Waals surface area (Å²) in [4.78, 5) is 36.4. The molecule has 336 valence electrons. The van der Waals surface area contributed by atoms with E-state index in [1.165, 1.54) is 0 Å². The van der Waals surface area contributed by atoms with E-state index in [1.807, 2.05) is 29.6 Å². The molecule has 3 amide bonds. The number of urea groups is 1. The van der Waals surface area contributed by atoms with Gasteiger partial charge in [0.05, 0.1) is 21.7 Å². The van der Waals surface area contributed by atoms with Crippen LogP contribution in [0, 0.1) is 40.2 Å². The number of alkyl halides is 9. The number of rotatable bonds is 11. The normalized spacial score (nSPS) is 16.8. The second-order valence-corrected chi connectivity index (χ2v) is 14.8. The van der Waals surface area contributed by atoms with Crippen molar-refractivity contribution in [3.63, 3.8) is 0 Å². The van der Waals surface area contributed by atoms with E-state index in [0.717, 1.165) is 24.3 Å². The third-order valence-corrected chi connectivity index (χ3v) is 9.72. The number of benzene rings is 4. The summed E-state index contributed by atoms with van der Waals surface area (Å²) in [7, 11) is 0. The first-order valence-electron chi connectivity index (χ1n) is 17.4. The molecule has 0 heterocycles. The lowest BCUT2D eigenvalue weighted by atomic mass is 10.1. The van der Waals surface area contributed by atoms with Crippen LogP contribution in [-0.4, -0.2) is 42.5 Å². The zero-order valence-electron chi connectivity index (χ0n) is 31.7. The van der Waals surface area contributed by atoms with Gasteiger partial charge in [0.15, 0.2) is 0 Å². The Labute approximate surface area is 364 Å². The summed E-state index contributed by atoms with van der Waals surface area (Å²) < 4.78 is 156. The molecule has 1 fully saturated rings. The number of nitriles is 1. The fourth-order valence-corrected chi connectivity index (χ4v) is 6.08. The molecule has 0 spiro atoms. The van der Waals surface area contributed by atoms with Gasteiger partial charge < -0.3 is 19.5 Å². The summed E-state index contributed by atoms with van der Waals surface area (Å²) in [6.45, 7) is 3.30. The Morgan fingerprint density at radius 2 is 1.43 bits per heavy atom. The minimum atomic E-state index is -5.94. The molecule has 0 bridgehead atoms. The summed E-state index contributed by atoms with van der Waals surface area (Å²) in [5, 5.41) is 10.2. The molecule has 0 radical (unpaired) electrons. The third-order valence-electron chi connectivity index (χ3n) is 8.77. The quantitative estimate of drug-likeness (QED) is 0.113. The molecular formula is C40H27Cl3F11N3O6. The van der Waals surface area contributed by atoms with Crippen molar-refractivity contribution in [3.05, 3.63) is 129 Å². The average Bonchev–Trinajstić information content (AvgIpc) is 3.73. The largest absolute Gasteiger partial charge is 0.457 e. The first-order chi connectivity index (χ1) is 29.2. The predicted molar refractivity (Wildman–Crippen MR) is 204 cm³/mol. The van der Waals surface area contributed by atoms with E-state index in [4.69, 9.17) is 44.3 Å². The molecule has 1 aliphatic carbocycles. The van der Waals surface area contributed by atoms with Crippen LogP contribution in [0.25, 0.3) is 0 Å². The Bertz CT molecular complexity index is 2390. The molecular weight excluding hydrogens is 934 g/mol. The van der Waals surface area contributed by atoms with Crippen LogP contribution < -0.4 is 20.1 Å². The van der Waals surface area contributed by atoms with E-state index in [-0.39, 0.29) is 0 Å². The van der Waals surface area contributed by atoms with Crippen LogP contribution in [-0.2, 0) is 9.53 Å². The van der Waals surface area contributed by atoms with Gasteiger partial charge in [-0.25, -0.2) is 18.0 Å². The number of nitrogens with one attached hydrogen (secondary N) is 2. The molecule has 5 rings (SSSR count). The van der Waals surface area contributed by atoms with Crippen molar-refractivity contribution >= 4 is 58.4 Å². The van der Waals surface area contributed by atoms with Crippen molar-refractivity contribution in [2.75, 3.05) is 5.32 Å². The molecule has 0 aromatic heterocycles. The van der Waals surface area contributed by atoms with Gasteiger partial charge in [-0.05, 0) is 53.8 Å². The second kappa shape index (κ2) is 19.7. The van der Waals surface area contributed by atoms with Gasteiger partial charge in [-0.1, -0.05) is 91.1 Å². The topological polar surface area (TPSA) is 127 Å². The summed E-state index contributed by atoms with van der Waals surface area (Å²) in [6.07, 6.45) is -21.1. The van der Waals surface area contributed by atoms with E-state index in [0.29, 0.717) is 29.2 Å². The van der Waals surface area contributed by atoms with Crippen molar-refractivity contribution in [2.45, 2.75) is 44.6 Å². The fourth-order valence-electron chi connectivity index (χ4n) is 5.54. The third kappa shape index (κ3) is 12.9. The number of carbonyl (C=O) groups is 3. The number of carbonyl (C=O) groups excluding carboxylic acids is 3. The number of halogens is 14. The van der Waals surface area contributed by atoms with Crippen molar-refractivity contribution in [2.24, 2.45) is 17.3 Å². The summed E-state index contributed by atoms with van der Waals surface area (Å²) in [6, 6.07) is 19.6. The first-order valence-corrected chi connectivity index (χ1v) is 18.5. The molecule has 4 atom stereocenters. The lowest BCUT2D eigenvalue weighted by Gasteiger charge is -2.24. The van der Waals surface area contributed by atoms with Crippen molar-refractivity contribution in [1.29, 1.82) is 5.26 Å². The van der Waals surface area contributed by atoms with E-state index >= 15 is 0 Å². The zero-order chi connectivity index (χ0) is 47.2. The van der Waals surface area contributed by atoms with E-state index in [2.05, 4.69) is 4.74 Å². The number of imide groups is 1. The summed E-state index contributed by atoms with van der Waals surface area (Å²) >= 11 is 16.6. The Morgan fingerprint density at radius 3 is 2.00 bits per heavy atom. The smallest absolute Gasteiger partial charge is 0.439 e. The maximum absolute atomic E-state index is 13.6. The number of allylic oxidation sites excluding steroid dienone is 2. The maximum Gasteiger partial charge on any atom is 0.439 e. The van der Waals surface area contributed by atoms with E-state index < -0.39 is 110 Å². The number of para-hydroxylation sites is 1. The van der Waals surface area contributed by atoms with Gasteiger partial charge >= 0.3 is 30.5 Å². The first kappa shape index (κ1) is 49.9. The van der Waals surface area contributed by atoms with Gasteiger partial charge in [-0.2, -0.15) is 40.4 Å². The van der Waals surface area contributed by atoms with Crippen LogP contribution in [0.15, 0.2) is 96.0 Å². The molecule has 2 N–H and O–H groups in total. The molecule has 63 heavy (non-hydrogen) atoms. The van der Waals surface area contributed by atoms with Gasteiger partial charge in [-0.3, -0.25) is 14.9 Å². The maximum atomic E-state index is 13.6. The zero-order valence-corrected chi connectivity index (χ0v) is 33.9. The number of esters is 1. The number of hydrogen-bond acceptors (Lipinski definition) is 7. The van der Waals surface area contributed by atoms with Crippen molar-refractivity contribution < 1.29 is 76.9 Å². The SMILES string of the molecule is CC1(C)[C@H](C(=O)OC(C#N)c2cccc(Oc3ccccc3)c2)[C@@H]1/C=C(\Cl)C(F)(F)F.O=C(NC(=O)c1c(F)cccc1F)Nc1cc(Cl)c(OC(F)(F)C(F)C(F)(F)F)cc1Cl. The standard InChI is InChI=1S/C23H19ClF3NO3.C17H8Cl2F8N2O3/c1-22(2)17(12-19(24)23(25,26)27)20(22)21(29)31-18(13-28)14-7-6-10-16(11-14)30-15-8-4-3-5-9-15;18-6-5-11(32-17(26,27)14(22)16(23,24)25)7(19)4-10(6)28-15(31)29-13(30)12-8(20)2-1-3-9(12)21/h3-12,17-18,20H,1-2H3;1-5,14H,(H2,28,29,30,31)/b19-12-;/t17-,18?,20-;/m0./s1. The Balaban J connectivity index is 0.000000277. The van der Waals surface area contributed by atoms with Crippen molar-refractivity contribution in [3.8, 4) is 23.3 Å². The minimum absolute atomic E-state index is 0.392. The number of hydrogen-bond donors (Lipinski definition) is 2. The van der Waals surface area contributed by atoms with Crippen LogP contribution in [0.4, 0.5) is 58.8 Å². The van der Waals surface area contributed by atoms with Crippen LogP contribution in [0.5, 0.6) is 17.2 Å². The molecule has 1 aliphatic rings. The van der Waals surface area contributed by atoms with Crippen LogP contribution in [0.3, 0.4) is 0 Å². The van der Waals surface area contributed by atoms with Gasteiger partial charge in [0.25, 0.3) is 12.1 Å². The molecule has 9 nitrogen and oxygen atoms in total. The molecule has 0 aliphatic heterocycles. The van der Waals surface area contributed by atoms with E-state index in [1.54, 1.807) is 55.6 Å². The lowest BCUT2D eigenvalue weighted by Crippen LogP contribution is -2.45. The number of amides is 3. The molecule has 2 unspecified atom stereocenters. The highest BCUT2D eigenvalue weighted by Crippen LogP contribution is 2.61.